The highest BCUT2D eigenvalue weighted by molar-refractivity contribution is 7.47. The fraction of sp³-hybridized carbons (Fsp3) is 0.595. The summed E-state index contributed by atoms with van der Waals surface area (Å²) in [5.41, 5.74) is 0. The van der Waals surface area contributed by atoms with E-state index in [1.807, 2.05) is 21.1 Å². The molecule has 84 heavy (non-hydrogen) atoms. The van der Waals surface area contributed by atoms with Crippen molar-refractivity contribution in [3.63, 3.8) is 0 Å². The maximum absolute atomic E-state index is 12.9. The highest BCUT2D eigenvalue weighted by Crippen LogP contribution is 2.43. The number of hydrogen-bond donors (Lipinski definition) is 1. The fourth-order valence-corrected chi connectivity index (χ4v) is 9.01. The molecule has 2 unspecified atom stereocenters. The lowest BCUT2D eigenvalue weighted by molar-refractivity contribution is -0.870. The molecule has 0 aromatic rings. The molecule has 474 valence electrons. The van der Waals surface area contributed by atoms with Crippen molar-refractivity contribution in [3.05, 3.63) is 170 Å². The first-order valence-electron chi connectivity index (χ1n) is 32.9. The van der Waals surface area contributed by atoms with Crippen LogP contribution in [-0.2, 0) is 32.7 Å². The van der Waals surface area contributed by atoms with Crippen LogP contribution in [0.25, 0.3) is 0 Å². The summed E-state index contributed by atoms with van der Waals surface area (Å²) in [4.78, 5) is 35.8. The van der Waals surface area contributed by atoms with Crippen LogP contribution in [0.3, 0.4) is 0 Å². The van der Waals surface area contributed by atoms with Gasteiger partial charge < -0.3 is 18.9 Å². The van der Waals surface area contributed by atoms with Crippen molar-refractivity contribution < 1.29 is 42.1 Å². The van der Waals surface area contributed by atoms with Crippen molar-refractivity contribution in [2.24, 2.45) is 0 Å². The maximum Gasteiger partial charge on any atom is 0.472 e. The number of allylic oxidation sites excluding steroid dienone is 28. The molecule has 0 fully saturated rings. The smallest absolute Gasteiger partial charge is 0.462 e. The number of unbranched alkanes of at least 4 members (excludes halogenated alkanes) is 16. The molecular formula is C74H121NO8P+. The molecule has 0 radical (unpaired) electrons. The van der Waals surface area contributed by atoms with Gasteiger partial charge in [-0.1, -0.05) is 261 Å². The molecule has 0 aliphatic rings. The average Bonchev–Trinajstić information content (AvgIpc) is 3.61. The zero-order valence-electron chi connectivity index (χ0n) is 53.8. The zero-order chi connectivity index (χ0) is 61.2. The molecule has 0 heterocycles. The summed E-state index contributed by atoms with van der Waals surface area (Å²) in [7, 11) is 1.43. The Kier molecular flexibility index (Phi) is 59.4. The molecule has 10 heteroatoms. The molecule has 2 atom stereocenters. The predicted molar refractivity (Wildman–Crippen MR) is 362 cm³/mol. The molecule has 0 saturated heterocycles. The molecule has 0 bridgehead atoms. The maximum atomic E-state index is 12.9. The van der Waals surface area contributed by atoms with Gasteiger partial charge in [-0.05, 0) is 128 Å². The third-order valence-electron chi connectivity index (χ3n) is 13.2. The first kappa shape index (κ1) is 79.4. The van der Waals surface area contributed by atoms with Crippen molar-refractivity contribution in [1.29, 1.82) is 0 Å². The molecule has 0 amide bonds. The Labute approximate surface area is 515 Å². The quantitative estimate of drug-likeness (QED) is 0.0211. The van der Waals surface area contributed by atoms with Crippen LogP contribution in [-0.4, -0.2) is 74.9 Å². The number of rotatable bonds is 58. The monoisotopic (exact) mass is 1180 g/mol. The van der Waals surface area contributed by atoms with Crippen molar-refractivity contribution in [3.8, 4) is 0 Å². The SMILES string of the molecule is CC/C=C\C/C=C\C/C=C\C/C=C\C/C=C\C/C=C\C/C=C\CCCCCCCCCCCCCCCC(=O)OC(COC(=O)CCCCC/C=C\C/C=C\C/C=C\C/C=C\C/C=C\C/C=C\C/C=C\CC)COP(=O)(O)OCC[N+](C)(C)C. The van der Waals surface area contributed by atoms with Gasteiger partial charge in [0.05, 0.1) is 27.7 Å². The second-order valence-corrected chi connectivity index (χ2v) is 23.8. The third-order valence-corrected chi connectivity index (χ3v) is 14.2. The Hall–Kier alpha value is -4.63. The number of carbonyl (C=O) groups is 2. The number of phosphoric acid groups is 1. The van der Waals surface area contributed by atoms with Gasteiger partial charge in [0.1, 0.15) is 19.8 Å². The lowest BCUT2D eigenvalue weighted by Crippen LogP contribution is -2.37. The Morgan fingerprint density at radius 1 is 0.369 bits per heavy atom. The first-order chi connectivity index (χ1) is 41.0. The molecule has 9 nitrogen and oxygen atoms in total. The number of likely N-dealkylation sites (N-methyl/N-ethyl adjacent to an activating group) is 1. The van der Waals surface area contributed by atoms with Gasteiger partial charge in [-0.25, -0.2) is 4.57 Å². The standard InChI is InChI=1S/C74H120NO8P/c1-6-8-10-12-14-16-18-20-22-24-26-28-30-32-33-34-35-36-37-38-39-40-41-43-45-47-49-51-53-55-57-59-61-63-65-67-74(77)83-72(71-82-84(78,79)81-69-68-75(3,4)5)70-80-73(76)66-64-62-60-58-56-54-52-50-48-46-44-42-31-29-27-25-23-21-19-17-15-13-11-9-7-2/h8-11,14-17,20-23,26-29,32-33,35-36,38-39,42,44,48,50,54,56,72H,6-7,12-13,18-19,24-25,30-31,34,37,40-41,43,45-47,49,51-53,55,57-71H2,1-5H3/p+1/b10-8-,11-9-,16-14-,17-15-,22-20-,23-21-,28-26-,29-27-,33-32-,36-35-,39-38-,44-42-,50-48-,56-54-. The lowest BCUT2D eigenvalue weighted by atomic mass is 10.0. The number of hydrogen-bond acceptors (Lipinski definition) is 7. The van der Waals surface area contributed by atoms with Crippen LogP contribution in [0.2, 0.25) is 0 Å². The van der Waals surface area contributed by atoms with Crippen LogP contribution >= 0.6 is 7.82 Å². The second kappa shape index (κ2) is 62.9. The molecule has 1 N–H and O–H groups in total. The number of quaternary nitrogens is 1. The molecule has 0 aromatic carbocycles. The Bertz CT molecular complexity index is 2020. The second-order valence-electron chi connectivity index (χ2n) is 22.4. The topological polar surface area (TPSA) is 108 Å². The van der Waals surface area contributed by atoms with Crippen LogP contribution in [0.15, 0.2) is 170 Å². The van der Waals surface area contributed by atoms with Gasteiger partial charge in [0.25, 0.3) is 0 Å². The highest BCUT2D eigenvalue weighted by Gasteiger charge is 2.27. The van der Waals surface area contributed by atoms with E-state index < -0.39 is 32.5 Å². The van der Waals surface area contributed by atoms with Gasteiger partial charge in [-0.3, -0.25) is 18.6 Å². The lowest BCUT2D eigenvalue weighted by Gasteiger charge is -2.24. The van der Waals surface area contributed by atoms with Crippen LogP contribution in [0.1, 0.15) is 232 Å². The van der Waals surface area contributed by atoms with Crippen molar-refractivity contribution in [2.75, 3.05) is 47.5 Å². The largest absolute Gasteiger partial charge is 0.472 e. The molecular weight excluding hydrogens is 1060 g/mol. The zero-order valence-corrected chi connectivity index (χ0v) is 54.7. The van der Waals surface area contributed by atoms with E-state index >= 15 is 0 Å². The van der Waals surface area contributed by atoms with Gasteiger partial charge in [-0.2, -0.15) is 0 Å². The fourth-order valence-electron chi connectivity index (χ4n) is 8.27. The number of ether oxygens (including phenoxy) is 2. The first-order valence-corrected chi connectivity index (χ1v) is 34.4. The summed E-state index contributed by atoms with van der Waals surface area (Å²) >= 11 is 0. The van der Waals surface area contributed by atoms with E-state index in [4.69, 9.17) is 18.5 Å². The number of nitrogens with zero attached hydrogens (tertiary/aromatic N) is 1. The van der Waals surface area contributed by atoms with Gasteiger partial charge in [0.15, 0.2) is 6.10 Å². The van der Waals surface area contributed by atoms with Crippen molar-refractivity contribution in [2.45, 2.75) is 238 Å². The normalized spacial score (nSPS) is 14.3. The Balaban J connectivity index is 4.18. The van der Waals surface area contributed by atoms with Crippen LogP contribution in [0, 0.1) is 0 Å². The minimum absolute atomic E-state index is 0.0166. The average molecular weight is 1180 g/mol. The molecule has 0 aromatic heterocycles. The summed E-state index contributed by atoms with van der Waals surface area (Å²) < 4.78 is 34.6. The van der Waals surface area contributed by atoms with E-state index in [1.54, 1.807) is 0 Å². The Morgan fingerprint density at radius 3 is 0.964 bits per heavy atom. The summed E-state index contributed by atoms with van der Waals surface area (Å²) in [6.45, 7) is 4.15. The van der Waals surface area contributed by atoms with E-state index in [1.165, 1.54) is 64.2 Å². The van der Waals surface area contributed by atoms with Gasteiger partial charge >= 0.3 is 19.8 Å². The predicted octanol–water partition coefficient (Wildman–Crippen LogP) is 21.4. The van der Waals surface area contributed by atoms with Crippen LogP contribution in [0.4, 0.5) is 0 Å². The van der Waals surface area contributed by atoms with E-state index in [0.717, 1.165) is 128 Å². The number of carbonyl (C=O) groups excluding carboxylic acids is 2. The van der Waals surface area contributed by atoms with E-state index in [2.05, 4.69) is 184 Å². The Morgan fingerprint density at radius 2 is 0.643 bits per heavy atom. The van der Waals surface area contributed by atoms with Crippen LogP contribution in [0.5, 0.6) is 0 Å². The highest BCUT2D eigenvalue weighted by atomic mass is 31.2. The van der Waals surface area contributed by atoms with Gasteiger partial charge in [-0.15, -0.1) is 0 Å². The van der Waals surface area contributed by atoms with Crippen molar-refractivity contribution in [1.82, 2.24) is 0 Å². The third kappa shape index (κ3) is 66.5. The van der Waals surface area contributed by atoms with Gasteiger partial charge in [0, 0.05) is 12.8 Å². The number of phosphoric ester groups is 1. The summed E-state index contributed by atoms with van der Waals surface area (Å²) in [5.74, 6) is -0.848. The molecule has 0 spiro atoms. The number of esters is 2. The van der Waals surface area contributed by atoms with E-state index in [-0.39, 0.29) is 26.1 Å². The molecule has 0 aliphatic heterocycles. The summed E-state index contributed by atoms with van der Waals surface area (Å²) in [5, 5.41) is 0. The molecule has 0 aliphatic carbocycles. The van der Waals surface area contributed by atoms with Crippen LogP contribution < -0.4 is 0 Å². The molecule has 0 saturated carbocycles. The minimum Gasteiger partial charge on any atom is -0.462 e. The van der Waals surface area contributed by atoms with Gasteiger partial charge in [0.2, 0.25) is 0 Å². The summed E-state index contributed by atoms with van der Waals surface area (Å²) in [6.07, 6.45) is 95.8. The summed E-state index contributed by atoms with van der Waals surface area (Å²) in [6, 6.07) is 0. The van der Waals surface area contributed by atoms with E-state index in [9.17, 15) is 19.0 Å². The minimum atomic E-state index is -4.41. The van der Waals surface area contributed by atoms with E-state index in [0.29, 0.717) is 23.9 Å². The molecule has 0 rings (SSSR count). The van der Waals surface area contributed by atoms with Crippen molar-refractivity contribution >= 4 is 19.8 Å².